The van der Waals surface area contributed by atoms with Crippen LogP contribution in [0.15, 0.2) is 12.1 Å². The summed E-state index contributed by atoms with van der Waals surface area (Å²) in [5.41, 5.74) is 1.77. The molecule has 2 heterocycles. The fraction of sp³-hybridized carbons (Fsp3) is 0.704. The minimum atomic E-state index is -1.16. The van der Waals surface area contributed by atoms with Gasteiger partial charge in [-0.2, -0.15) is 0 Å². The summed E-state index contributed by atoms with van der Waals surface area (Å²) in [6.45, 7) is 8.05. The zero-order valence-corrected chi connectivity index (χ0v) is 22.9. The molecule has 1 fully saturated rings. The van der Waals surface area contributed by atoms with Crippen LogP contribution in [-0.2, 0) is 31.8 Å². The summed E-state index contributed by atoms with van der Waals surface area (Å²) in [6.07, 6.45) is 4.18. The highest BCUT2D eigenvalue weighted by Crippen LogP contribution is 2.34. The van der Waals surface area contributed by atoms with Crippen molar-refractivity contribution in [2.45, 2.75) is 96.5 Å². The number of alkyl carbamates (subject to hydrolysis) is 2. The van der Waals surface area contributed by atoms with E-state index in [2.05, 4.69) is 28.1 Å². The van der Waals surface area contributed by atoms with Crippen LogP contribution in [0, 0.1) is 5.92 Å². The quantitative estimate of drug-likeness (QED) is 0.315. The number of aryl methyl sites for hydroxylation is 2. The molecule has 38 heavy (non-hydrogen) atoms. The van der Waals surface area contributed by atoms with Crippen molar-refractivity contribution in [1.29, 1.82) is 0 Å². The molecule has 4 N–H and O–H groups in total. The zero-order chi connectivity index (χ0) is 27.7. The van der Waals surface area contributed by atoms with Gasteiger partial charge in [-0.3, -0.25) is 0 Å². The van der Waals surface area contributed by atoms with Gasteiger partial charge < -0.3 is 35.3 Å². The molecule has 0 saturated heterocycles. The summed E-state index contributed by atoms with van der Waals surface area (Å²) in [6, 6.07) is 3.18. The highest BCUT2D eigenvalue weighted by atomic mass is 16.6. The first-order valence-corrected chi connectivity index (χ1v) is 13.5. The second-order valence-corrected chi connectivity index (χ2v) is 11.1. The molecule has 1 aliphatic carbocycles. The van der Waals surface area contributed by atoms with E-state index in [-0.39, 0.29) is 25.7 Å². The lowest BCUT2D eigenvalue weighted by Gasteiger charge is -2.35. The maximum Gasteiger partial charge on any atom is 0.408 e. The number of pyridine rings is 1. The molecule has 212 valence electrons. The maximum atomic E-state index is 12.1. The van der Waals surface area contributed by atoms with Crippen LogP contribution in [0.25, 0.3) is 0 Å². The Balaban J connectivity index is 1.28. The smallest absolute Gasteiger partial charge is 0.408 e. The van der Waals surface area contributed by atoms with Crippen LogP contribution in [0.4, 0.5) is 15.4 Å². The summed E-state index contributed by atoms with van der Waals surface area (Å²) in [4.78, 5) is 40.2. The van der Waals surface area contributed by atoms with E-state index in [0.717, 1.165) is 56.6 Å². The second kappa shape index (κ2) is 13.6. The van der Waals surface area contributed by atoms with Crippen molar-refractivity contribution < 1.29 is 33.7 Å². The van der Waals surface area contributed by atoms with E-state index in [1.165, 1.54) is 5.56 Å². The molecule has 2 aliphatic rings. The van der Waals surface area contributed by atoms with E-state index >= 15 is 0 Å². The number of nitrogens with zero attached hydrogens (tertiary/aromatic N) is 1. The van der Waals surface area contributed by atoms with Crippen LogP contribution in [0.3, 0.4) is 0 Å². The number of hydrogen-bond acceptors (Lipinski definition) is 8. The van der Waals surface area contributed by atoms with Crippen molar-refractivity contribution in [2.75, 3.05) is 25.0 Å². The van der Waals surface area contributed by atoms with Crippen molar-refractivity contribution in [3.05, 3.63) is 23.4 Å². The lowest BCUT2D eigenvalue weighted by atomic mass is 9.79. The molecule has 1 aromatic rings. The third kappa shape index (κ3) is 10.00. The number of aliphatic carboxylic acids is 1. The van der Waals surface area contributed by atoms with Gasteiger partial charge in [-0.05, 0) is 83.8 Å². The number of carboxylic acid groups (broad SMARTS) is 1. The zero-order valence-electron chi connectivity index (χ0n) is 22.9. The van der Waals surface area contributed by atoms with E-state index in [9.17, 15) is 19.5 Å². The molecule has 1 aliphatic heterocycles. The van der Waals surface area contributed by atoms with Crippen molar-refractivity contribution in [3.63, 3.8) is 0 Å². The van der Waals surface area contributed by atoms with Crippen molar-refractivity contribution >= 4 is 24.0 Å². The Hall–Kier alpha value is -3.08. The standard InChI is InChI=1S/C27H42N4O7/c1-17(16-29-25(34)38-27(2,3)4)37-26(35)31-22(24(32)33)11-13-36-21-14-18(15-21)7-9-20-10-8-19-6-5-12-28-23(19)30-20/h8,10,17-18,21-22H,5-7,9,11-16H2,1-4H3,(H,28,30)(H,29,34)(H,31,35)(H,32,33). The minimum Gasteiger partial charge on any atom is -0.480 e. The molecule has 1 aromatic heterocycles. The number of hydrogen-bond donors (Lipinski definition) is 4. The highest BCUT2D eigenvalue weighted by Gasteiger charge is 2.30. The van der Waals surface area contributed by atoms with Gasteiger partial charge in [0.1, 0.15) is 23.6 Å². The van der Waals surface area contributed by atoms with E-state index in [1.807, 2.05) is 0 Å². The third-order valence-electron chi connectivity index (χ3n) is 6.54. The molecule has 0 aromatic carbocycles. The van der Waals surface area contributed by atoms with Crippen molar-refractivity contribution in [2.24, 2.45) is 5.92 Å². The number of aromatic nitrogens is 1. The average Bonchev–Trinajstić information content (AvgIpc) is 2.81. The van der Waals surface area contributed by atoms with Crippen LogP contribution in [0.5, 0.6) is 0 Å². The Morgan fingerprint density at radius 3 is 2.68 bits per heavy atom. The Labute approximate surface area is 224 Å². The molecule has 0 radical (unpaired) electrons. The van der Waals surface area contributed by atoms with Crippen LogP contribution < -0.4 is 16.0 Å². The third-order valence-corrected chi connectivity index (χ3v) is 6.54. The van der Waals surface area contributed by atoms with Gasteiger partial charge in [0.15, 0.2) is 0 Å². The Morgan fingerprint density at radius 1 is 1.21 bits per heavy atom. The van der Waals surface area contributed by atoms with Gasteiger partial charge in [0, 0.05) is 25.3 Å². The van der Waals surface area contributed by atoms with Crippen LogP contribution in [-0.4, -0.2) is 71.8 Å². The fourth-order valence-electron chi connectivity index (χ4n) is 4.46. The lowest BCUT2D eigenvalue weighted by molar-refractivity contribution is -0.140. The Bertz CT molecular complexity index is 959. The normalized spacial score (nSPS) is 20.1. The summed E-state index contributed by atoms with van der Waals surface area (Å²) in [7, 11) is 0. The number of anilines is 1. The summed E-state index contributed by atoms with van der Waals surface area (Å²) in [5.74, 6) is 0.439. The topological polar surface area (TPSA) is 148 Å². The molecule has 3 rings (SSSR count). The van der Waals surface area contributed by atoms with Crippen molar-refractivity contribution in [1.82, 2.24) is 15.6 Å². The monoisotopic (exact) mass is 534 g/mol. The predicted molar refractivity (Wildman–Crippen MR) is 141 cm³/mol. The van der Waals surface area contributed by atoms with Crippen LogP contribution in [0.1, 0.15) is 71.1 Å². The first-order valence-electron chi connectivity index (χ1n) is 13.5. The van der Waals surface area contributed by atoms with Gasteiger partial charge >= 0.3 is 18.2 Å². The maximum absolute atomic E-state index is 12.1. The SMILES string of the molecule is CC(CNC(=O)OC(C)(C)C)OC(=O)NC(CCOC1CC(CCc2ccc3c(n2)NCCC3)C1)C(=O)O. The van der Waals surface area contributed by atoms with Gasteiger partial charge in [-0.1, -0.05) is 6.07 Å². The molecule has 11 nitrogen and oxygen atoms in total. The van der Waals surface area contributed by atoms with Gasteiger partial charge in [0.05, 0.1) is 12.6 Å². The highest BCUT2D eigenvalue weighted by molar-refractivity contribution is 5.79. The number of amides is 2. The fourth-order valence-corrected chi connectivity index (χ4v) is 4.46. The number of rotatable bonds is 12. The Kier molecular flexibility index (Phi) is 10.6. The minimum absolute atomic E-state index is 0.0332. The number of nitrogens with one attached hydrogen (secondary N) is 3. The molecule has 0 spiro atoms. The van der Waals surface area contributed by atoms with Gasteiger partial charge in [0.2, 0.25) is 0 Å². The number of ether oxygens (including phenoxy) is 3. The van der Waals surface area contributed by atoms with E-state index in [1.54, 1.807) is 27.7 Å². The number of carbonyl (C=O) groups is 3. The number of carbonyl (C=O) groups excluding carboxylic acids is 2. The van der Waals surface area contributed by atoms with Crippen LogP contribution >= 0.6 is 0 Å². The predicted octanol–water partition coefficient (Wildman–Crippen LogP) is 3.65. The van der Waals surface area contributed by atoms with Gasteiger partial charge in [-0.25, -0.2) is 19.4 Å². The van der Waals surface area contributed by atoms with Gasteiger partial charge in [-0.15, -0.1) is 0 Å². The lowest BCUT2D eigenvalue weighted by Crippen LogP contribution is -2.44. The van der Waals surface area contributed by atoms with Crippen LogP contribution in [0.2, 0.25) is 0 Å². The molecule has 2 amide bonds. The van der Waals surface area contributed by atoms with Crippen molar-refractivity contribution in [3.8, 4) is 0 Å². The number of carboxylic acids is 1. The summed E-state index contributed by atoms with van der Waals surface area (Å²) < 4.78 is 16.1. The first kappa shape index (κ1) is 29.5. The van der Waals surface area contributed by atoms with E-state index < -0.39 is 35.9 Å². The molecular formula is C27H42N4O7. The molecule has 2 unspecified atom stereocenters. The largest absolute Gasteiger partial charge is 0.480 e. The average molecular weight is 535 g/mol. The second-order valence-electron chi connectivity index (χ2n) is 11.1. The molecule has 1 saturated carbocycles. The Morgan fingerprint density at radius 2 is 1.97 bits per heavy atom. The van der Waals surface area contributed by atoms with E-state index in [4.69, 9.17) is 19.2 Å². The summed E-state index contributed by atoms with van der Waals surface area (Å²) in [5, 5.41) is 17.7. The molecule has 11 heteroatoms. The number of fused-ring (bicyclic) bond motifs is 1. The molecule has 0 bridgehead atoms. The molecule has 2 atom stereocenters. The first-order chi connectivity index (χ1) is 18.0. The molecular weight excluding hydrogens is 492 g/mol. The summed E-state index contributed by atoms with van der Waals surface area (Å²) >= 11 is 0. The van der Waals surface area contributed by atoms with Gasteiger partial charge in [0.25, 0.3) is 0 Å². The van der Waals surface area contributed by atoms with E-state index in [0.29, 0.717) is 5.92 Å².